The van der Waals surface area contributed by atoms with Crippen molar-refractivity contribution in [2.75, 3.05) is 18.0 Å². The number of carbonyl (C=O) groups excluding carboxylic acids is 1. The highest BCUT2D eigenvalue weighted by molar-refractivity contribution is 5.80. The minimum absolute atomic E-state index is 0.0785. The molecule has 1 fully saturated rings. The van der Waals surface area contributed by atoms with Gasteiger partial charge in [-0.05, 0) is 49.9 Å². The number of benzene rings is 1. The number of anilines is 1. The summed E-state index contributed by atoms with van der Waals surface area (Å²) in [6.45, 7) is 8.16. The molecule has 3 heterocycles. The summed E-state index contributed by atoms with van der Waals surface area (Å²) in [5.41, 5.74) is 4.40. The van der Waals surface area contributed by atoms with E-state index in [1.807, 2.05) is 19.1 Å². The summed E-state index contributed by atoms with van der Waals surface area (Å²) in [6, 6.07) is 10.2. The SMILES string of the molecule is CCc1nc(-c2cccnc2N2CCC[C@H](C(=O)NCc3cc(C)ccc3C)C2)no1. The Bertz CT molecular complexity index is 1060. The number of aryl methyl sites for hydroxylation is 3. The molecule has 0 radical (unpaired) electrons. The van der Waals surface area contributed by atoms with E-state index in [1.54, 1.807) is 6.20 Å². The van der Waals surface area contributed by atoms with Crippen molar-refractivity contribution in [2.24, 2.45) is 5.92 Å². The Balaban J connectivity index is 1.46. The van der Waals surface area contributed by atoms with Crippen molar-refractivity contribution in [3.05, 3.63) is 59.1 Å². The van der Waals surface area contributed by atoms with Crippen LogP contribution >= 0.6 is 0 Å². The molecule has 0 saturated carbocycles. The number of carbonyl (C=O) groups is 1. The van der Waals surface area contributed by atoms with Crippen molar-refractivity contribution < 1.29 is 9.32 Å². The van der Waals surface area contributed by atoms with E-state index in [4.69, 9.17) is 4.52 Å². The molecule has 1 aromatic carbocycles. The van der Waals surface area contributed by atoms with Crippen LogP contribution < -0.4 is 10.2 Å². The fourth-order valence-electron chi connectivity index (χ4n) is 4.03. The molecular weight excluding hydrogens is 390 g/mol. The van der Waals surface area contributed by atoms with Gasteiger partial charge in [0.05, 0.1) is 11.5 Å². The minimum Gasteiger partial charge on any atom is -0.355 e. The van der Waals surface area contributed by atoms with E-state index >= 15 is 0 Å². The van der Waals surface area contributed by atoms with E-state index < -0.39 is 0 Å². The number of pyridine rings is 1. The maximum atomic E-state index is 12.9. The first-order valence-electron chi connectivity index (χ1n) is 10.9. The molecule has 1 amide bonds. The molecular formula is C24H29N5O2. The highest BCUT2D eigenvalue weighted by atomic mass is 16.5. The first-order chi connectivity index (χ1) is 15.0. The smallest absolute Gasteiger partial charge is 0.226 e. The summed E-state index contributed by atoms with van der Waals surface area (Å²) in [6.07, 6.45) is 4.27. The van der Waals surface area contributed by atoms with Crippen LogP contribution in [-0.2, 0) is 17.8 Å². The summed E-state index contributed by atoms with van der Waals surface area (Å²) in [4.78, 5) is 24.2. The van der Waals surface area contributed by atoms with Crippen LogP contribution in [-0.4, -0.2) is 34.1 Å². The summed E-state index contributed by atoms with van der Waals surface area (Å²) < 4.78 is 5.29. The second kappa shape index (κ2) is 9.29. The third-order valence-corrected chi connectivity index (χ3v) is 5.85. The molecule has 162 valence electrons. The Morgan fingerprint density at radius 2 is 2.16 bits per heavy atom. The number of hydrogen-bond acceptors (Lipinski definition) is 6. The average Bonchev–Trinajstić information content (AvgIpc) is 3.29. The molecule has 2 aromatic heterocycles. The van der Waals surface area contributed by atoms with Gasteiger partial charge in [0.25, 0.3) is 0 Å². The summed E-state index contributed by atoms with van der Waals surface area (Å²) in [5, 5.41) is 7.25. The number of nitrogens with zero attached hydrogens (tertiary/aromatic N) is 4. The van der Waals surface area contributed by atoms with E-state index in [9.17, 15) is 4.79 Å². The third-order valence-electron chi connectivity index (χ3n) is 5.85. The first-order valence-corrected chi connectivity index (χ1v) is 10.9. The lowest BCUT2D eigenvalue weighted by molar-refractivity contribution is -0.125. The molecule has 1 aliphatic heterocycles. The Labute approximate surface area is 182 Å². The fourth-order valence-corrected chi connectivity index (χ4v) is 4.03. The van der Waals surface area contributed by atoms with Crippen molar-refractivity contribution in [3.63, 3.8) is 0 Å². The summed E-state index contributed by atoms with van der Waals surface area (Å²) in [5.74, 6) is 1.97. The second-order valence-corrected chi connectivity index (χ2v) is 8.17. The lowest BCUT2D eigenvalue weighted by Gasteiger charge is -2.33. The predicted molar refractivity (Wildman–Crippen MR) is 120 cm³/mol. The van der Waals surface area contributed by atoms with Crippen LogP contribution in [0.25, 0.3) is 11.4 Å². The number of piperidine rings is 1. The van der Waals surface area contributed by atoms with E-state index in [-0.39, 0.29) is 11.8 Å². The molecule has 7 heteroatoms. The number of hydrogen-bond donors (Lipinski definition) is 1. The zero-order chi connectivity index (χ0) is 21.8. The molecule has 0 bridgehead atoms. The van der Waals surface area contributed by atoms with Crippen molar-refractivity contribution in [2.45, 2.75) is 46.6 Å². The van der Waals surface area contributed by atoms with Crippen molar-refractivity contribution in [1.29, 1.82) is 0 Å². The van der Waals surface area contributed by atoms with E-state index in [1.165, 1.54) is 11.1 Å². The maximum absolute atomic E-state index is 12.9. The highest BCUT2D eigenvalue weighted by Gasteiger charge is 2.28. The molecule has 1 aliphatic rings. The van der Waals surface area contributed by atoms with Gasteiger partial charge in [0.15, 0.2) is 0 Å². The van der Waals surface area contributed by atoms with Crippen LogP contribution in [0, 0.1) is 19.8 Å². The topological polar surface area (TPSA) is 84.2 Å². The molecule has 4 rings (SSSR count). The summed E-state index contributed by atoms with van der Waals surface area (Å²) in [7, 11) is 0. The Hall–Kier alpha value is -3.22. The molecule has 7 nitrogen and oxygen atoms in total. The predicted octanol–water partition coefficient (Wildman–Crippen LogP) is 3.84. The van der Waals surface area contributed by atoms with Crippen LogP contribution in [0.3, 0.4) is 0 Å². The van der Waals surface area contributed by atoms with Crippen molar-refractivity contribution in [3.8, 4) is 11.4 Å². The van der Waals surface area contributed by atoms with Crippen LogP contribution in [0.5, 0.6) is 0 Å². The van der Waals surface area contributed by atoms with E-state index in [0.29, 0.717) is 31.2 Å². The molecule has 0 spiro atoms. The third kappa shape index (κ3) is 4.76. The maximum Gasteiger partial charge on any atom is 0.226 e. The normalized spacial score (nSPS) is 16.4. The zero-order valence-corrected chi connectivity index (χ0v) is 18.4. The number of aromatic nitrogens is 3. The average molecular weight is 420 g/mol. The largest absolute Gasteiger partial charge is 0.355 e. The van der Waals surface area contributed by atoms with Crippen LogP contribution in [0.2, 0.25) is 0 Å². The minimum atomic E-state index is -0.0785. The van der Waals surface area contributed by atoms with Crippen LogP contribution in [0.4, 0.5) is 5.82 Å². The first kappa shape index (κ1) is 21.0. The Kier molecular flexibility index (Phi) is 6.30. The van der Waals surface area contributed by atoms with Gasteiger partial charge >= 0.3 is 0 Å². The molecule has 1 atom stereocenters. The van der Waals surface area contributed by atoms with Gasteiger partial charge in [-0.2, -0.15) is 4.98 Å². The number of amides is 1. The van der Waals surface area contributed by atoms with Crippen LogP contribution in [0.1, 0.15) is 42.3 Å². The Morgan fingerprint density at radius 3 is 2.97 bits per heavy atom. The Morgan fingerprint density at radius 1 is 1.29 bits per heavy atom. The number of rotatable bonds is 6. The standard InChI is InChI=1S/C24H29N5O2/c1-4-21-27-22(28-31-21)20-8-5-11-25-23(20)29-12-6-7-18(15-29)24(30)26-14-19-13-16(2)9-10-17(19)3/h5,8-11,13,18H,4,6-7,12,14-15H2,1-3H3,(H,26,30)/t18-/m0/s1. The molecule has 0 aliphatic carbocycles. The molecule has 1 N–H and O–H groups in total. The second-order valence-electron chi connectivity index (χ2n) is 8.17. The zero-order valence-electron chi connectivity index (χ0n) is 18.4. The monoisotopic (exact) mass is 419 g/mol. The van der Waals surface area contributed by atoms with Crippen molar-refractivity contribution in [1.82, 2.24) is 20.4 Å². The van der Waals surface area contributed by atoms with Gasteiger partial charge in [-0.15, -0.1) is 0 Å². The van der Waals surface area contributed by atoms with Gasteiger partial charge in [0.2, 0.25) is 17.6 Å². The molecule has 3 aromatic rings. The molecule has 31 heavy (non-hydrogen) atoms. The van der Waals surface area contributed by atoms with Crippen molar-refractivity contribution >= 4 is 11.7 Å². The van der Waals surface area contributed by atoms with Gasteiger partial charge in [0.1, 0.15) is 5.82 Å². The number of nitrogens with one attached hydrogen (secondary N) is 1. The molecule has 1 saturated heterocycles. The van der Waals surface area contributed by atoms with E-state index in [0.717, 1.165) is 36.3 Å². The van der Waals surface area contributed by atoms with Gasteiger partial charge in [-0.3, -0.25) is 4.79 Å². The van der Waals surface area contributed by atoms with Gasteiger partial charge in [-0.25, -0.2) is 4.98 Å². The lowest BCUT2D eigenvalue weighted by Crippen LogP contribution is -2.43. The van der Waals surface area contributed by atoms with Gasteiger partial charge < -0.3 is 14.7 Å². The highest BCUT2D eigenvalue weighted by Crippen LogP contribution is 2.30. The molecule has 0 unspecified atom stereocenters. The lowest BCUT2D eigenvalue weighted by atomic mass is 9.96. The fraction of sp³-hybridized carbons (Fsp3) is 0.417. The summed E-state index contributed by atoms with van der Waals surface area (Å²) >= 11 is 0. The van der Waals surface area contributed by atoms with Gasteiger partial charge in [-0.1, -0.05) is 35.8 Å². The van der Waals surface area contributed by atoms with Crippen LogP contribution in [0.15, 0.2) is 41.1 Å². The van der Waals surface area contributed by atoms with E-state index in [2.05, 4.69) is 57.4 Å². The van der Waals surface area contributed by atoms with Gasteiger partial charge in [0, 0.05) is 32.3 Å². The quantitative estimate of drug-likeness (QED) is 0.653.